The van der Waals surface area contributed by atoms with Crippen molar-refractivity contribution in [1.82, 2.24) is 14.7 Å². The van der Waals surface area contributed by atoms with E-state index in [0.29, 0.717) is 13.0 Å². The summed E-state index contributed by atoms with van der Waals surface area (Å²) in [4.78, 5) is 27.0. The fourth-order valence-electron chi connectivity index (χ4n) is 3.59. The molecule has 0 fully saturated rings. The van der Waals surface area contributed by atoms with Crippen molar-refractivity contribution in [2.45, 2.75) is 48.9 Å². The molecule has 1 aromatic heterocycles. The van der Waals surface area contributed by atoms with E-state index in [0.717, 1.165) is 37.3 Å². The molecule has 1 atom stereocenters. The van der Waals surface area contributed by atoms with Crippen LogP contribution in [0.3, 0.4) is 0 Å². The van der Waals surface area contributed by atoms with Gasteiger partial charge in [0.05, 0.1) is 29.6 Å². The van der Waals surface area contributed by atoms with Gasteiger partial charge in [-0.3, -0.25) is 14.3 Å². The number of aryl methyl sites for hydroxylation is 2. The lowest BCUT2D eigenvalue weighted by Crippen LogP contribution is -2.37. The highest BCUT2D eigenvalue weighted by molar-refractivity contribution is 8.01. The molecule has 0 bridgehead atoms. The molecule has 2 aliphatic rings. The smallest absolute Gasteiger partial charge is 0.303 e. The van der Waals surface area contributed by atoms with Crippen LogP contribution >= 0.6 is 11.8 Å². The molecule has 2 aliphatic heterocycles. The zero-order valence-corrected chi connectivity index (χ0v) is 15.2. The first-order valence-corrected chi connectivity index (χ1v) is 9.79. The zero-order chi connectivity index (χ0) is 18.1. The van der Waals surface area contributed by atoms with Gasteiger partial charge in [-0.2, -0.15) is 5.10 Å². The van der Waals surface area contributed by atoms with Crippen molar-refractivity contribution >= 4 is 23.6 Å². The molecule has 3 heterocycles. The Morgan fingerprint density at radius 3 is 2.92 bits per heavy atom. The van der Waals surface area contributed by atoms with E-state index in [1.165, 1.54) is 10.5 Å². The van der Waals surface area contributed by atoms with E-state index in [-0.39, 0.29) is 17.6 Å². The fourth-order valence-corrected chi connectivity index (χ4v) is 4.87. The minimum absolute atomic E-state index is 0.0478. The van der Waals surface area contributed by atoms with Crippen LogP contribution in [-0.4, -0.2) is 43.5 Å². The number of nitrogens with zero attached hydrogens (tertiary/aromatic N) is 3. The number of carboxylic acids is 1. The SMILES string of the molecule is O=C(O)CCc1cc2n(n1)CCCN(C(=O)[C@@H]1Cc3ccccc3S1)C2. The standard InChI is InChI=1S/C19H21N3O3S/c23-18(24)7-6-14-11-15-12-21(8-3-9-22(15)20-14)19(25)17-10-13-4-1-2-5-16(13)26-17/h1-2,4-5,11,17H,3,6-10,12H2,(H,23,24)/t17-/m0/s1. The first-order valence-electron chi connectivity index (χ1n) is 8.91. The summed E-state index contributed by atoms with van der Waals surface area (Å²) in [5.74, 6) is -0.629. The van der Waals surface area contributed by atoms with E-state index < -0.39 is 5.97 Å². The number of carboxylic acid groups (broad SMARTS) is 1. The summed E-state index contributed by atoms with van der Waals surface area (Å²) in [7, 11) is 0. The number of carbonyl (C=O) groups excluding carboxylic acids is 1. The third kappa shape index (κ3) is 3.49. The summed E-state index contributed by atoms with van der Waals surface area (Å²) in [6, 6.07) is 10.2. The number of aromatic nitrogens is 2. The molecule has 4 rings (SSSR count). The van der Waals surface area contributed by atoms with Crippen molar-refractivity contribution < 1.29 is 14.7 Å². The van der Waals surface area contributed by atoms with E-state index in [1.807, 2.05) is 27.8 Å². The summed E-state index contributed by atoms with van der Waals surface area (Å²) in [5, 5.41) is 13.3. The highest BCUT2D eigenvalue weighted by Crippen LogP contribution is 2.38. The Balaban J connectivity index is 1.45. The highest BCUT2D eigenvalue weighted by Gasteiger charge is 2.32. The number of hydrogen-bond donors (Lipinski definition) is 1. The highest BCUT2D eigenvalue weighted by atomic mass is 32.2. The molecular weight excluding hydrogens is 350 g/mol. The maximum atomic E-state index is 13.1. The van der Waals surface area contributed by atoms with Crippen LogP contribution in [0.1, 0.15) is 29.8 Å². The Labute approximate surface area is 156 Å². The van der Waals surface area contributed by atoms with Crippen LogP contribution in [-0.2, 0) is 35.5 Å². The van der Waals surface area contributed by atoms with Gasteiger partial charge in [-0.1, -0.05) is 18.2 Å². The van der Waals surface area contributed by atoms with Gasteiger partial charge in [-0.25, -0.2) is 0 Å². The normalized spacial score (nSPS) is 18.9. The predicted octanol–water partition coefficient (Wildman–Crippen LogP) is 2.35. The van der Waals surface area contributed by atoms with Gasteiger partial charge in [0.25, 0.3) is 0 Å². The lowest BCUT2D eigenvalue weighted by molar-refractivity contribution is -0.137. The third-order valence-electron chi connectivity index (χ3n) is 4.89. The molecule has 1 amide bonds. The van der Waals surface area contributed by atoms with Gasteiger partial charge in [0, 0.05) is 24.4 Å². The van der Waals surface area contributed by atoms with Gasteiger partial charge in [0.2, 0.25) is 5.91 Å². The number of aliphatic carboxylic acids is 1. The first-order chi connectivity index (χ1) is 12.6. The van der Waals surface area contributed by atoms with Crippen LogP contribution in [0.2, 0.25) is 0 Å². The Morgan fingerprint density at radius 1 is 1.27 bits per heavy atom. The Kier molecular flexibility index (Phi) is 4.72. The van der Waals surface area contributed by atoms with Gasteiger partial charge < -0.3 is 10.0 Å². The molecule has 0 spiro atoms. The van der Waals surface area contributed by atoms with Crippen molar-refractivity contribution in [2.75, 3.05) is 6.54 Å². The average molecular weight is 371 g/mol. The van der Waals surface area contributed by atoms with Crippen molar-refractivity contribution in [3.05, 3.63) is 47.3 Å². The van der Waals surface area contributed by atoms with Gasteiger partial charge in [0.15, 0.2) is 0 Å². The fraction of sp³-hybridized carbons (Fsp3) is 0.421. The summed E-state index contributed by atoms with van der Waals surface area (Å²) >= 11 is 1.66. The Hall–Kier alpha value is -2.28. The summed E-state index contributed by atoms with van der Waals surface area (Å²) in [5.41, 5.74) is 3.04. The molecule has 0 saturated carbocycles. The minimum atomic E-state index is -0.817. The monoisotopic (exact) mass is 371 g/mol. The van der Waals surface area contributed by atoms with Crippen molar-refractivity contribution in [1.29, 1.82) is 0 Å². The zero-order valence-electron chi connectivity index (χ0n) is 14.4. The molecule has 26 heavy (non-hydrogen) atoms. The van der Waals surface area contributed by atoms with Gasteiger partial charge in [-0.15, -0.1) is 11.8 Å². The second-order valence-corrected chi connectivity index (χ2v) is 8.02. The van der Waals surface area contributed by atoms with Crippen LogP contribution in [0.15, 0.2) is 35.2 Å². The van der Waals surface area contributed by atoms with E-state index in [1.54, 1.807) is 11.8 Å². The van der Waals surface area contributed by atoms with Crippen LogP contribution in [0.4, 0.5) is 0 Å². The summed E-state index contributed by atoms with van der Waals surface area (Å²) in [6.07, 6.45) is 2.16. The minimum Gasteiger partial charge on any atom is -0.481 e. The maximum Gasteiger partial charge on any atom is 0.303 e. The molecule has 0 saturated heterocycles. The van der Waals surface area contributed by atoms with E-state index in [2.05, 4.69) is 17.2 Å². The van der Waals surface area contributed by atoms with Gasteiger partial charge >= 0.3 is 5.97 Å². The van der Waals surface area contributed by atoms with Crippen LogP contribution in [0, 0.1) is 0 Å². The van der Waals surface area contributed by atoms with Crippen molar-refractivity contribution in [3.8, 4) is 0 Å². The topological polar surface area (TPSA) is 75.4 Å². The first kappa shape index (κ1) is 17.1. The summed E-state index contributed by atoms with van der Waals surface area (Å²) in [6.45, 7) is 2.05. The number of fused-ring (bicyclic) bond motifs is 2. The second-order valence-electron chi connectivity index (χ2n) is 6.78. The van der Waals surface area contributed by atoms with Crippen LogP contribution in [0.25, 0.3) is 0 Å². The lowest BCUT2D eigenvalue weighted by Gasteiger charge is -2.23. The molecule has 7 heteroatoms. The Morgan fingerprint density at radius 2 is 2.12 bits per heavy atom. The molecule has 2 aromatic rings. The number of rotatable bonds is 4. The quantitative estimate of drug-likeness (QED) is 0.893. The number of benzene rings is 1. The molecule has 6 nitrogen and oxygen atoms in total. The number of amides is 1. The van der Waals surface area contributed by atoms with Crippen molar-refractivity contribution in [2.24, 2.45) is 0 Å². The van der Waals surface area contributed by atoms with E-state index >= 15 is 0 Å². The van der Waals surface area contributed by atoms with Crippen LogP contribution in [0.5, 0.6) is 0 Å². The molecule has 0 radical (unpaired) electrons. The number of carbonyl (C=O) groups is 2. The third-order valence-corrected chi connectivity index (χ3v) is 6.20. The van der Waals surface area contributed by atoms with E-state index in [4.69, 9.17) is 5.11 Å². The second kappa shape index (κ2) is 7.15. The predicted molar refractivity (Wildman–Crippen MR) is 98.0 cm³/mol. The lowest BCUT2D eigenvalue weighted by atomic mass is 10.1. The number of hydrogen-bond acceptors (Lipinski definition) is 4. The average Bonchev–Trinajstić information content (AvgIpc) is 3.17. The van der Waals surface area contributed by atoms with Crippen LogP contribution < -0.4 is 0 Å². The molecule has 0 aliphatic carbocycles. The molecule has 0 unspecified atom stereocenters. The maximum absolute atomic E-state index is 13.1. The van der Waals surface area contributed by atoms with Crippen molar-refractivity contribution in [3.63, 3.8) is 0 Å². The molecule has 1 N–H and O–H groups in total. The van der Waals surface area contributed by atoms with Gasteiger partial charge in [0.1, 0.15) is 0 Å². The molecule has 136 valence electrons. The molecular formula is C19H21N3O3S. The largest absolute Gasteiger partial charge is 0.481 e. The summed E-state index contributed by atoms with van der Waals surface area (Å²) < 4.78 is 1.93. The Bertz CT molecular complexity index is 823. The molecule has 1 aromatic carbocycles. The van der Waals surface area contributed by atoms with E-state index in [9.17, 15) is 9.59 Å². The van der Waals surface area contributed by atoms with Gasteiger partial charge in [-0.05, 0) is 30.5 Å². The number of thioether (sulfide) groups is 1.